The fraction of sp³-hybridized carbons (Fsp3) is 0.217. The van der Waals surface area contributed by atoms with Gasteiger partial charge in [0, 0.05) is 17.5 Å². The first kappa shape index (κ1) is 16.3. The summed E-state index contributed by atoms with van der Waals surface area (Å²) in [6, 6.07) is 17.6. The Balaban J connectivity index is 2.06. The van der Waals surface area contributed by atoms with Crippen LogP contribution in [0.15, 0.2) is 78.7 Å². The first-order valence-corrected chi connectivity index (χ1v) is 8.44. The molecule has 0 N–H and O–H groups in total. The smallest absolute Gasteiger partial charge is 0.0772 e. The second-order valence-corrected chi connectivity index (χ2v) is 6.76. The lowest BCUT2D eigenvalue weighted by atomic mass is 9.91. The average molecular weight is 315 g/mol. The van der Waals surface area contributed by atoms with Crippen molar-refractivity contribution in [2.75, 3.05) is 0 Å². The summed E-state index contributed by atoms with van der Waals surface area (Å²) in [5, 5.41) is 0. The summed E-state index contributed by atoms with van der Waals surface area (Å²) in [6.45, 7) is 12.7. The predicted octanol–water partition coefficient (Wildman–Crippen LogP) is 6.18. The molecular weight excluding hydrogens is 290 g/mol. The minimum atomic E-state index is 0.205. The van der Waals surface area contributed by atoms with E-state index < -0.39 is 0 Å². The van der Waals surface area contributed by atoms with Gasteiger partial charge in [0.1, 0.15) is 0 Å². The predicted molar refractivity (Wildman–Crippen MR) is 103 cm³/mol. The third-order valence-electron chi connectivity index (χ3n) is 4.55. The molecule has 0 amide bonds. The maximum absolute atomic E-state index is 4.20. The van der Waals surface area contributed by atoms with Crippen molar-refractivity contribution in [3.63, 3.8) is 0 Å². The molecule has 122 valence electrons. The fourth-order valence-electron chi connectivity index (χ4n) is 3.30. The molecule has 0 bridgehead atoms. The minimum absolute atomic E-state index is 0.205. The number of allylic oxidation sites excluding steroid dienone is 3. The molecular formula is C23H25N. The number of nitrogens with zero attached hydrogens (tertiary/aromatic N) is 1. The summed E-state index contributed by atoms with van der Waals surface area (Å²) in [4.78, 5) is 2.28. The third kappa shape index (κ3) is 3.21. The zero-order valence-corrected chi connectivity index (χ0v) is 15.0. The van der Waals surface area contributed by atoms with Crippen LogP contribution >= 0.6 is 0 Å². The quantitative estimate of drug-likeness (QED) is 0.653. The zero-order valence-electron chi connectivity index (χ0n) is 15.0. The van der Waals surface area contributed by atoms with Crippen LogP contribution in [0.3, 0.4) is 0 Å². The van der Waals surface area contributed by atoms with Crippen LogP contribution < -0.4 is 0 Å². The molecule has 1 atom stereocenters. The van der Waals surface area contributed by atoms with Gasteiger partial charge in [0.25, 0.3) is 0 Å². The van der Waals surface area contributed by atoms with Crippen LogP contribution in [0.1, 0.15) is 42.1 Å². The Morgan fingerprint density at radius 1 is 0.958 bits per heavy atom. The van der Waals surface area contributed by atoms with Gasteiger partial charge < -0.3 is 4.90 Å². The lowest BCUT2D eigenvalue weighted by Crippen LogP contribution is -2.24. The van der Waals surface area contributed by atoms with Gasteiger partial charge in [-0.2, -0.15) is 0 Å². The number of hydrogen-bond donors (Lipinski definition) is 0. The van der Waals surface area contributed by atoms with Crippen molar-refractivity contribution in [1.29, 1.82) is 0 Å². The standard InChI is InChI=1S/C23H25N/c1-16(2)24-15-22(20-10-6-8-17(3)12-20)19(5)14-23(24)21-11-7-9-18(4)13-21/h6-15,23H,1H2,2-5H3. The van der Waals surface area contributed by atoms with E-state index in [-0.39, 0.29) is 6.04 Å². The second kappa shape index (κ2) is 6.52. The Morgan fingerprint density at radius 2 is 1.62 bits per heavy atom. The molecule has 24 heavy (non-hydrogen) atoms. The van der Waals surface area contributed by atoms with Crippen molar-refractivity contribution in [3.05, 3.63) is 101 Å². The van der Waals surface area contributed by atoms with Gasteiger partial charge in [0.15, 0.2) is 0 Å². The average Bonchev–Trinajstić information content (AvgIpc) is 2.54. The number of benzene rings is 2. The highest BCUT2D eigenvalue weighted by molar-refractivity contribution is 5.80. The lowest BCUT2D eigenvalue weighted by molar-refractivity contribution is 0.401. The van der Waals surface area contributed by atoms with Gasteiger partial charge in [-0.05, 0) is 44.4 Å². The van der Waals surface area contributed by atoms with Crippen LogP contribution in [0.5, 0.6) is 0 Å². The van der Waals surface area contributed by atoms with Gasteiger partial charge in [-0.3, -0.25) is 0 Å². The van der Waals surface area contributed by atoms with Crippen molar-refractivity contribution in [2.45, 2.75) is 33.7 Å². The Hall–Kier alpha value is -2.54. The summed E-state index contributed by atoms with van der Waals surface area (Å²) in [7, 11) is 0. The summed E-state index contributed by atoms with van der Waals surface area (Å²) in [6.07, 6.45) is 4.60. The minimum Gasteiger partial charge on any atom is -0.341 e. The Labute approximate surface area is 145 Å². The third-order valence-corrected chi connectivity index (χ3v) is 4.55. The van der Waals surface area contributed by atoms with E-state index in [0.29, 0.717) is 0 Å². The highest BCUT2D eigenvalue weighted by Gasteiger charge is 2.23. The molecule has 0 saturated heterocycles. The summed E-state index contributed by atoms with van der Waals surface area (Å²) in [5.74, 6) is 0. The number of hydrogen-bond acceptors (Lipinski definition) is 1. The van der Waals surface area contributed by atoms with Crippen LogP contribution in [0, 0.1) is 13.8 Å². The molecule has 1 heterocycles. The van der Waals surface area contributed by atoms with E-state index in [4.69, 9.17) is 0 Å². The van der Waals surface area contributed by atoms with Gasteiger partial charge in [-0.15, -0.1) is 0 Å². The molecule has 0 fully saturated rings. The Bertz CT molecular complexity index is 839. The highest BCUT2D eigenvalue weighted by Crippen LogP contribution is 2.37. The zero-order chi connectivity index (χ0) is 17.3. The maximum Gasteiger partial charge on any atom is 0.0772 e. The first-order chi connectivity index (χ1) is 11.5. The molecule has 0 aliphatic carbocycles. The Morgan fingerprint density at radius 3 is 2.25 bits per heavy atom. The maximum atomic E-state index is 4.20. The first-order valence-electron chi connectivity index (χ1n) is 8.44. The Kier molecular flexibility index (Phi) is 4.44. The molecule has 0 radical (unpaired) electrons. The fourth-order valence-corrected chi connectivity index (χ4v) is 3.30. The van der Waals surface area contributed by atoms with Crippen LogP contribution in [0.2, 0.25) is 0 Å². The van der Waals surface area contributed by atoms with Gasteiger partial charge in [-0.1, -0.05) is 72.3 Å². The largest absolute Gasteiger partial charge is 0.341 e. The SMILES string of the molecule is C=C(C)N1C=C(c2cccc(C)c2)C(C)=CC1c1cccc(C)c1. The molecule has 0 aromatic heterocycles. The molecule has 3 rings (SSSR count). The van der Waals surface area contributed by atoms with E-state index in [1.165, 1.54) is 33.4 Å². The van der Waals surface area contributed by atoms with Crippen LogP contribution in [-0.4, -0.2) is 4.90 Å². The van der Waals surface area contributed by atoms with Gasteiger partial charge in [0.2, 0.25) is 0 Å². The van der Waals surface area contributed by atoms with Gasteiger partial charge in [-0.25, -0.2) is 0 Å². The van der Waals surface area contributed by atoms with Crippen LogP contribution in [-0.2, 0) is 0 Å². The topological polar surface area (TPSA) is 3.24 Å². The summed E-state index contributed by atoms with van der Waals surface area (Å²) < 4.78 is 0. The molecule has 0 saturated carbocycles. The number of rotatable bonds is 3. The number of aryl methyl sites for hydroxylation is 2. The van der Waals surface area contributed by atoms with E-state index >= 15 is 0 Å². The second-order valence-electron chi connectivity index (χ2n) is 6.76. The molecule has 1 nitrogen and oxygen atoms in total. The van der Waals surface area contributed by atoms with E-state index in [2.05, 4.69) is 100.0 Å². The van der Waals surface area contributed by atoms with Crippen molar-refractivity contribution >= 4 is 5.57 Å². The molecule has 1 unspecified atom stereocenters. The molecule has 0 spiro atoms. The monoisotopic (exact) mass is 315 g/mol. The molecule has 1 aliphatic heterocycles. The lowest BCUT2D eigenvalue weighted by Gasteiger charge is -2.34. The van der Waals surface area contributed by atoms with Crippen molar-refractivity contribution in [3.8, 4) is 0 Å². The molecule has 1 aliphatic rings. The molecule has 2 aromatic carbocycles. The van der Waals surface area contributed by atoms with Crippen molar-refractivity contribution in [1.82, 2.24) is 4.90 Å². The van der Waals surface area contributed by atoms with Crippen LogP contribution in [0.4, 0.5) is 0 Å². The van der Waals surface area contributed by atoms with Crippen molar-refractivity contribution in [2.24, 2.45) is 0 Å². The van der Waals surface area contributed by atoms with Crippen molar-refractivity contribution < 1.29 is 0 Å². The molecule has 1 heteroatoms. The summed E-state index contributed by atoms with van der Waals surface area (Å²) >= 11 is 0. The van der Waals surface area contributed by atoms with E-state index in [0.717, 1.165) is 5.70 Å². The highest BCUT2D eigenvalue weighted by atomic mass is 15.1. The van der Waals surface area contributed by atoms with E-state index in [1.807, 2.05) is 0 Å². The van der Waals surface area contributed by atoms with Gasteiger partial charge >= 0.3 is 0 Å². The van der Waals surface area contributed by atoms with E-state index in [9.17, 15) is 0 Å². The van der Waals surface area contributed by atoms with Crippen LogP contribution in [0.25, 0.3) is 5.57 Å². The normalized spacial score (nSPS) is 17.3. The molecule has 2 aromatic rings. The summed E-state index contributed by atoms with van der Waals surface area (Å²) in [5.41, 5.74) is 8.76. The van der Waals surface area contributed by atoms with E-state index in [1.54, 1.807) is 0 Å². The van der Waals surface area contributed by atoms with Gasteiger partial charge in [0.05, 0.1) is 6.04 Å².